The molecule has 162 valence electrons. The Morgan fingerprint density at radius 2 is 1.97 bits per heavy atom. The number of nitrogens with zero attached hydrogens (tertiary/aromatic N) is 1. The van der Waals surface area contributed by atoms with Crippen LogP contribution in [0, 0.1) is 0 Å². The zero-order valence-corrected chi connectivity index (χ0v) is 17.6. The van der Waals surface area contributed by atoms with Crippen LogP contribution in [0.5, 0.6) is 5.75 Å². The highest BCUT2D eigenvalue weighted by molar-refractivity contribution is 7.89. The Morgan fingerprint density at radius 1 is 1.31 bits per heavy atom. The van der Waals surface area contributed by atoms with Crippen LogP contribution in [0.15, 0.2) is 29.2 Å². The Labute approximate surface area is 171 Å². The van der Waals surface area contributed by atoms with Gasteiger partial charge < -0.3 is 19.9 Å². The molecule has 0 saturated carbocycles. The second-order valence-electron chi connectivity index (χ2n) is 6.90. The quantitative estimate of drug-likeness (QED) is 0.438. The summed E-state index contributed by atoms with van der Waals surface area (Å²) in [6.45, 7) is 3.80. The summed E-state index contributed by atoms with van der Waals surface area (Å²) in [4.78, 5) is 23.9. The molecule has 3 atom stereocenters. The number of nitrogens with one attached hydrogen (secondary N) is 1. The first kappa shape index (κ1) is 23.1. The summed E-state index contributed by atoms with van der Waals surface area (Å²) < 4.78 is 37.6. The molecular formula is C19H28N2O7S. The number of esters is 1. The second kappa shape index (κ2) is 10.0. The molecular weight excluding hydrogens is 400 g/mol. The molecule has 1 aliphatic rings. The topological polar surface area (TPSA) is 122 Å². The molecule has 0 bridgehead atoms. The van der Waals surface area contributed by atoms with Gasteiger partial charge >= 0.3 is 5.97 Å². The summed E-state index contributed by atoms with van der Waals surface area (Å²) in [6, 6.07) is 4.30. The van der Waals surface area contributed by atoms with Gasteiger partial charge in [0.2, 0.25) is 15.9 Å². The summed E-state index contributed by atoms with van der Waals surface area (Å²) in [5.41, 5.74) is 0. The number of carbonyl (C=O) groups is 2. The van der Waals surface area contributed by atoms with E-state index in [2.05, 4.69) is 5.32 Å². The van der Waals surface area contributed by atoms with E-state index in [-0.39, 0.29) is 17.9 Å². The summed E-state index contributed by atoms with van der Waals surface area (Å²) in [5.74, 6) is -0.779. The maximum Gasteiger partial charge on any atom is 0.324 e. The van der Waals surface area contributed by atoms with Crippen LogP contribution in [0.4, 0.5) is 0 Å². The minimum absolute atomic E-state index is 0.0109. The van der Waals surface area contributed by atoms with Crippen LogP contribution in [0.1, 0.15) is 33.1 Å². The predicted molar refractivity (Wildman–Crippen MR) is 105 cm³/mol. The van der Waals surface area contributed by atoms with Crippen molar-refractivity contribution < 1.29 is 32.6 Å². The van der Waals surface area contributed by atoms with Crippen LogP contribution in [-0.2, 0) is 24.3 Å². The van der Waals surface area contributed by atoms with Crippen molar-refractivity contribution in [2.45, 2.75) is 56.2 Å². The number of aliphatic hydroxyl groups is 1. The van der Waals surface area contributed by atoms with E-state index in [1.165, 1.54) is 26.2 Å². The largest absolute Gasteiger partial charge is 0.494 e. The highest BCUT2D eigenvalue weighted by atomic mass is 32.2. The van der Waals surface area contributed by atoms with Gasteiger partial charge in [0.1, 0.15) is 17.9 Å². The molecule has 0 radical (unpaired) electrons. The molecule has 9 nitrogen and oxygen atoms in total. The molecule has 29 heavy (non-hydrogen) atoms. The van der Waals surface area contributed by atoms with Crippen LogP contribution < -0.4 is 10.1 Å². The number of aliphatic hydroxyl groups excluding tert-OH is 1. The SMILES string of the molecule is CCCCOc1ccc(S(=O)(=O)N2C[C@@H](NC(=O)[C@H](C)O)C[C@@H]2C(=O)OC)cc1. The molecule has 1 fully saturated rings. The van der Waals surface area contributed by atoms with Gasteiger partial charge in [0.15, 0.2) is 0 Å². The standard InChI is InChI=1S/C19H28N2O7S/c1-4-5-10-28-15-6-8-16(9-7-15)29(25,26)21-12-14(20-18(23)13(2)22)11-17(21)19(24)27-3/h6-9,13-14,17,22H,4-5,10-12H2,1-3H3,(H,20,23)/t13-,14-,17+/m0/s1. The first-order valence-electron chi connectivity index (χ1n) is 9.51. The van der Waals surface area contributed by atoms with Crippen molar-refractivity contribution in [1.29, 1.82) is 0 Å². The Kier molecular flexibility index (Phi) is 8.00. The molecule has 1 amide bonds. The molecule has 2 N–H and O–H groups in total. The van der Waals surface area contributed by atoms with Crippen molar-refractivity contribution in [2.75, 3.05) is 20.3 Å². The number of carbonyl (C=O) groups excluding carboxylic acids is 2. The van der Waals surface area contributed by atoms with Gasteiger partial charge in [0.05, 0.1) is 18.6 Å². The zero-order chi connectivity index (χ0) is 21.6. The predicted octanol–water partition coefficient (Wildman–Crippen LogP) is 0.667. The van der Waals surface area contributed by atoms with Gasteiger partial charge in [-0.25, -0.2) is 8.42 Å². The number of hydrogen-bond acceptors (Lipinski definition) is 7. The van der Waals surface area contributed by atoms with E-state index in [1.807, 2.05) is 6.92 Å². The third kappa shape index (κ3) is 5.68. The Morgan fingerprint density at radius 3 is 2.52 bits per heavy atom. The summed E-state index contributed by atoms with van der Waals surface area (Å²) in [7, 11) is -2.83. The van der Waals surface area contributed by atoms with Crippen molar-refractivity contribution in [3.63, 3.8) is 0 Å². The number of methoxy groups -OCH3 is 1. The molecule has 1 aromatic rings. The lowest BCUT2D eigenvalue weighted by Gasteiger charge is -2.22. The third-order valence-corrected chi connectivity index (χ3v) is 6.54. The van der Waals surface area contributed by atoms with E-state index in [4.69, 9.17) is 9.47 Å². The Hall–Kier alpha value is -2.17. The van der Waals surface area contributed by atoms with Gasteiger partial charge in [0, 0.05) is 12.6 Å². The average Bonchev–Trinajstić information content (AvgIpc) is 3.12. The van der Waals surface area contributed by atoms with Crippen molar-refractivity contribution in [1.82, 2.24) is 9.62 Å². The van der Waals surface area contributed by atoms with Crippen LogP contribution >= 0.6 is 0 Å². The van der Waals surface area contributed by atoms with Gasteiger partial charge in [-0.15, -0.1) is 0 Å². The van der Waals surface area contributed by atoms with Gasteiger partial charge in [0.25, 0.3) is 0 Å². The van der Waals surface area contributed by atoms with Crippen molar-refractivity contribution >= 4 is 21.9 Å². The summed E-state index contributed by atoms with van der Waals surface area (Å²) in [6.07, 6.45) is 0.706. The van der Waals surface area contributed by atoms with Crippen molar-refractivity contribution in [3.8, 4) is 5.75 Å². The maximum absolute atomic E-state index is 13.1. The average molecular weight is 429 g/mol. The number of benzene rings is 1. The zero-order valence-electron chi connectivity index (χ0n) is 16.8. The van der Waals surface area contributed by atoms with Gasteiger partial charge in [-0.1, -0.05) is 13.3 Å². The summed E-state index contributed by atoms with van der Waals surface area (Å²) >= 11 is 0. The minimum Gasteiger partial charge on any atom is -0.494 e. The number of hydrogen-bond donors (Lipinski definition) is 2. The Balaban J connectivity index is 2.20. The lowest BCUT2D eigenvalue weighted by Crippen LogP contribution is -2.43. The Bertz CT molecular complexity index is 808. The number of ether oxygens (including phenoxy) is 2. The molecule has 1 heterocycles. The maximum atomic E-state index is 13.1. The van der Waals surface area contributed by atoms with Gasteiger partial charge in [-0.05, 0) is 44.0 Å². The molecule has 0 unspecified atom stereocenters. The number of amides is 1. The molecule has 1 saturated heterocycles. The molecule has 0 aliphatic carbocycles. The van der Waals surface area contributed by atoms with Crippen molar-refractivity contribution in [3.05, 3.63) is 24.3 Å². The molecule has 1 aliphatic heterocycles. The molecule has 2 rings (SSSR count). The third-order valence-electron chi connectivity index (χ3n) is 4.65. The fourth-order valence-corrected chi connectivity index (χ4v) is 4.66. The van der Waals surface area contributed by atoms with E-state index in [0.29, 0.717) is 12.4 Å². The van der Waals surface area contributed by atoms with Gasteiger partial charge in [-0.2, -0.15) is 4.31 Å². The van der Waals surface area contributed by atoms with Gasteiger partial charge in [-0.3, -0.25) is 9.59 Å². The molecule has 10 heteroatoms. The first-order valence-corrected chi connectivity index (χ1v) is 11.0. The van der Waals surface area contributed by atoms with Crippen molar-refractivity contribution in [2.24, 2.45) is 0 Å². The van der Waals surface area contributed by atoms with E-state index in [1.54, 1.807) is 12.1 Å². The lowest BCUT2D eigenvalue weighted by molar-refractivity contribution is -0.144. The minimum atomic E-state index is -4.01. The van der Waals surface area contributed by atoms with Crippen LogP contribution in [-0.4, -0.2) is 68.2 Å². The van der Waals surface area contributed by atoms with E-state index < -0.39 is 40.1 Å². The fraction of sp³-hybridized carbons (Fsp3) is 0.579. The van der Waals surface area contributed by atoms with E-state index >= 15 is 0 Å². The fourth-order valence-electron chi connectivity index (χ4n) is 3.03. The normalized spacial score (nSPS) is 20.8. The van der Waals surface area contributed by atoms with E-state index in [9.17, 15) is 23.1 Å². The molecule has 0 aromatic heterocycles. The number of rotatable bonds is 9. The lowest BCUT2D eigenvalue weighted by atomic mass is 10.1. The smallest absolute Gasteiger partial charge is 0.324 e. The monoisotopic (exact) mass is 428 g/mol. The summed E-state index contributed by atoms with van der Waals surface area (Å²) in [5, 5.41) is 11.9. The number of unbranched alkanes of at least 4 members (excludes halogenated alkanes) is 1. The highest BCUT2D eigenvalue weighted by Gasteiger charge is 2.45. The second-order valence-corrected chi connectivity index (χ2v) is 8.79. The first-order chi connectivity index (χ1) is 13.7. The number of sulfonamides is 1. The highest BCUT2D eigenvalue weighted by Crippen LogP contribution is 2.28. The molecule has 1 aromatic carbocycles. The van der Waals surface area contributed by atoms with Crippen LogP contribution in [0.2, 0.25) is 0 Å². The molecule has 0 spiro atoms. The van der Waals surface area contributed by atoms with Crippen LogP contribution in [0.3, 0.4) is 0 Å². The van der Waals surface area contributed by atoms with Crippen LogP contribution in [0.25, 0.3) is 0 Å². The van der Waals surface area contributed by atoms with E-state index in [0.717, 1.165) is 17.1 Å².